The molecule has 2 unspecified atom stereocenters. The fraction of sp³-hybridized carbons (Fsp3) is 0.0714. The molecule has 8 rings (SSSR count). The first-order valence-electron chi connectivity index (χ1n) is 16.1. The van der Waals surface area contributed by atoms with E-state index in [2.05, 4.69) is 208 Å². The molecule has 0 bridgehead atoms. The third-order valence-electron chi connectivity index (χ3n) is 9.22. The van der Waals surface area contributed by atoms with E-state index in [9.17, 15) is 0 Å². The number of hydrogen-bond acceptors (Lipinski definition) is 4. The van der Waals surface area contributed by atoms with E-state index in [-0.39, 0.29) is 0 Å². The molecule has 2 aliphatic rings. The zero-order chi connectivity index (χ0) is 34.3. The van der Waals surface area contributed by atoms with Gasteiger partial charge in [-0.25, -0.2) is 15.0 Å². The van der Waals surface area contributed by atoms with Gasteiger partial charge < -0.3 is 0 Å². The molecule has 0 radical (unpaired) electrons. The summed E-state index contributed by atoms with van der Waals surface area (Å²) in [4.78, 5) is 19.4. The Hall–Kier alpha value is -3.95. The number of halogens is 4. The Bertz CT molecular complexity index is 2240. The van der Waals surface area contributed by atoms with Gasteiger partial charge in [-0.05, 0) is 63.0 Å². The van der Waals surface area contributed by atoms with Crippen molar-refractivity contribution in [2.24, 2.45) is 15.0 Å². The molecule has 244 valence electrons. The SMILES string of the molecule is Brc1ccc(C2=NC(c3ccccc3)(c3ccccc3)C(c3ccccc3)N2C2(c3ccc(Br)cc3Br)N=CC(c3ccccc3)=N2)c(Br)c1. The van der Waals surface area contributed by atoms with Gasteiger partial charge in [-0.1, -0.05) is 175 Å². The lowest BCUT2D eigenvalue weighted by molar-refractivity contribution is 0.123. The van der Waals surface area contributed by atoms with Crippen molar-refractivity contribution in [2.75, 3.05) is 0 Å². The maximum Gasteiger partial charge on any atom is 0.258 e. The molecule has 0 aliphatic carbocycles. The van der Waals surface area contributed by atoms with Gasteiger partial charge in [0.1, 0.15) is 11.4 Å². The Labute approximate surface area is 325 Å². The number of amidine groups is 1. The van der Waals surface area contributed by atoms with Gasteiger partial charge in [-0.3, -0.25) is 4.90 Å². The van der Waals surface area contributed by atoms with Crippen LogP contribution in [0.2, 0.25) is 0 Å². The van der Waals surface area contributed by atoms with Crippen LogP contribution in [0.1, 0.15) is 39.4 Å². The summed E-state index contributed by atoms with van der Waals surface area (Å²) in [6.45, 7) is 0. The highest BCUT2D eigenvalue weighted by Crippen LogP contribution is 2.58. The molecule has 50 heavy (non-hydrogen) atoms. The Morgan fingerprint density at radius 2 is 1.08 bits per heavy atom. The molecule has 0 aromatic heterocycles. The van der Waals surface area contributed by atoms with Crippen molar-refractivity contribution < 1.29 is 0 Å². The van der Waals surface area contributed by atoms with Crippen LogP contribution in [0.3, 0.4) is 0 Å². The summed E-state index contributed by atoms with van der Waals surface area (Å²) in [7, 11) is 0. The van der Waals surface area contributed by atoms with Crippen LogP contribution in [-0.4, -0.2) is 22.7 Å². The van der Waals surface area contributed by atoms with Crippen molar-refractivity contribution in [2.45, 2.75) is 17.4 Å². The van der Waals surface area contributed by atoms with Crippen molar-refractivity contribution in [1.29, 1.82) is 0 Å². The van der Waals surface area contributed by atoms with Crippen LogP contribution in [0.4, 0.5) is 0 Å². The minimum absolute atomic E-state index is 0.398. The highest BCUT2D eigenvalue weighted by Gasteiger charge is 2.60. The molecule has 8 heteroatoms. The Kier molecular flexibility index (Phi) is 9.06. The third-order valence-corrected chi connectivity index (χ3v) is 11.5. The summed E-state index contributed by atoms with van der Waals surface area (Å²) in [5.41, 5.74) is 5.90. The predicted octanol–water partition coefficient (Wildman–Crippen LogP) is 11.9. The second-order valence-corrected chi connectivity index (χ2v) is 15.7. The fourth-order valence-electron chi connectivity index (χ4n) is 7.06. The summed E-state index contributed by atoms with van der Waals surface area (Å²) in [6.07, 6.45) is 1.91. The molecular formula is C42H28Br4N4. The molecule has 2 heterocycles. The van der Waals surface area contributed by atoms with Crippen molar-refractivity contribution in [3.63, 3.8) is 0 Å². The maximum atomic E-state index is 5.95. The van der Waals surface area contributed by atoms with E-state index in [0.717, 1.165) is 62.8 Å². The van der Waals surface area contributed by atoms with Crippen LogP contribution >= 0.6 is 63.7 Å². The largest absolute Gasteiger partial charge is 0.299 e. The Morgan fingerprint density at radius 1 is 0.540 bits per heavy atom. The molecule has 0 saturated carbocycles. The quantitative estimate of drug-likeness (QED) is 0.157. The molecule has 2 atom stereocenters. The average molecular weight is 908 g/mol. The minimum atomic E-state index is -1.26. The van der Waals surface area contributed by atoms with Crippen LogP contribution in [0.5, 0.6) is 0 Å². The van der Waals surface area contributed by atoms with Gasteiger partial charge in [0.05, 0.1) is 18.0 Å². The monoisotopic (exact) mass is 904 g/mol. The van der Waals surface area contributed by atoms with E-state index in [0.29, 0.717) is 0 Å². The first-order valence-corrected chi connectivity index (χ1v) is 19.2. The number of aliphatic imine (C=N–C) groups is 3. The normalized spacial score (nSPS) is 19.4. The number of hydrogen-bond donors (Lipinski definition) is 0. The molecule has 0 saturated heterocycles. The second-order valence-electron chi connectivity index (χ2n) is 12.1. The molecule has 0 spiro atoms. The summed E-state index contributed by atoms with van der Waals surface area (Å²) in [5, 5.41) is 0. The minimum Gasteiger partial charge on any atom is -0.299 e. The topological polar surface area (TPSA) is 40.3 Å². The van der Waals surface area contributed by atoms with E-state index in [4.69, 9.17) is 15.0 Å². The molecule has 4 nitrogen and oxygen atoms in total. The van der Waals surface area contributed by atoms with Crippen LogP contribution in [0, 0.1) is 0 Å². The van der Waals surface area contributed by atoms with Crippen molar-refractivity contribution >= 4 is 81.5 Å². The molecule has 0 N–H and O–H groups in total. The first-order chi connectivity index (χ1) is 24.4. The number of nitrogens with zero attached hydrogens (tertiary/aromatic N) is 4. The van der Waals surface area contributed by atoms with Gasteiger partial charge in [-0.2, -0.15) is 0 Å². The van der Waals surface area contributed by atoms with Crippen LogP contribution in [-0.2, 0) is 11.3 Å². The first kappa shape index (κ1) is 33.2. The summed E-state index contributed by atoms with van der Waals surface area (Å²) < 4.78 is 3.69. The van der Waals surface area contributed by atoms with E-state index in [1.54, 1.807) is 0 Å². The van der Waals surface area contributed by atoms with E-state index < -0.39 is 17.4 Å². The van der Waals surface area contributed by atoms with Gasteiger partial charge in [0.25, 0.3) is 5.79 Å². The lowest BCUT2D eigenvalue weighted by atomic mass is 9.74. The van der Waals surface area contributed by atoms with Crippen molar-refractivity contribution in [3.05, 3.63) is 209 Å². The lowest BCUT2D eigenvalue weighted by Crippen LogP contribution is -2.50. The van der Waals surface area contributed by atoms with Crippen molar-refractivity contribution in [3.8, 4) is 0 Å². The number of rotatable bonds is 7. The smallest absolute Gasteiger partial charge is 0.258 e. The highest BCUT2D eigenvalue weighted by molar-refractivity contribution is 9.11. The van der Waals surface area contributed by atoms with Gasteiger partial charge in [0.2, 0.25) is 0 Å². The molecular weight excluding hydrogens is 880 g/mol. The van der Waals surface area contributed by atoms with Gasteiger partial charge in [-0.15, -0.1) is 0 Å². The Morgan fingerprint density at radius 3 is 1.66 bits per heavy atom. The summed E-state index contributed by atoms with van der Waals surface area (Å²) in [6, 6.07) is 54.1. The van der Waals surface area contributed by atoms with E-state index >= 15 is 0 Å². The van der Waals surface area contributed by atoms with E-state index in [1.165, 1.54) is 0 Å². The average Bonchev–Trinajstić information content (AvgIpc) is 3.75. The standard InChI is InChI=1S/C42H28Br4N4/c43-32-21-23-34(36(45)25-32)40-49-41(30-17-9-3-10-18-30,31-19-11-4-12-20-31)39(29-15-7-2-8-16-29)50(40)42(35-24-22-33(44)26-37(35)46)47-27-38(48-42)28-13-5-1-6-14-28/h1-27,39H. The van der Waals surface area contributed by atoms with Crippen LogP contribution < -0.4 is 0 Å². The zero-order valence-corrected chi connectivity index (χ0v) is 32.8. The van der Waals surface area contributed by atoms with Gasteiger partial charge in [0.15, 0.2) is 0 Å². The second kappa shape index (κ2) is 13.6. The predicted molar refractivity (Wildman–Crippen MR) is 218 cm³/mol. The van der Waals surface area contributed by atoms with Crippen molar-refractivity contribution in [1.82, 2.24) is 4.90 Å². The third kappa shape index (κ3) is 5.66. The molecule has 6 aromatic carbocycles. The number of benzene rings is 6. The highest BCUT2D eigenvalue weighted by atomic mass is 79.9. The van der Waals surface area contributed by atoms with E-state index in [1.807, 2.05) is 24.4 Å². The molecule has 2 aliphatic heterocycles. The zero-order valence-electron chi connectivity index (χ0n) is 26.5. The fourth-order valence-corrected chi connectivity index (χ4v) is 9.60. The molecule has 0 fully saturated rings. The van der Waals surface area contributed by atoms with Gasteiger partial charge in [0, 0.05) is 34.6 Å². The molecule has 0 amide bonds. The maximum absolute atomic E-state index is 5.95. The van der Waals surface area contributed by atoms with Crippen LogP contribution in [0.25, 0.3) is 0 Å². The lowest BCUT2D eigenvalue weighted by Gasteiger charge is -2.45. The van der Waals surface area contributed by atoms with Gasteiger partial charge >= 0.3 is 0 Å². The summed E-state index contributed by atoms with van der Waals surface area (Å²) in [5.74, 6) is -0.502. The van der Waals surface area contributed by atoms with Crippen LogP contribution in [0.15, 0.2) is 191 Å². The summed E-state index contributed by atoms with van der Waals surface area (Å²) >= 11 is 15.3. The molecule has 6 aromatic rings. The Balaban J connectivity index is 1.53.